The van der Waals surface area contributed by atoms with Crippen molar-refractivity contribution >= 4 is 34.9 Å². The molecule has 0 aliphatic carbocycles. The lowest BCUT2D eigenvalue weighted by atomic mass is 10.1. The quantitative estimate of drug-likeness (QED) is 0.567. The molecule has 1 aromatic heterocycles. The van der Waals surface area contributed by atoms with Crippen LogP contribution >= 0.6 is 23.2 Å². The highest BCUT2D eigenvalue weighted by Crippen LogP contribution is 2.27. The van der Waals surface area contributed by atoms with Crippen LogP contribution in [0.5, 0.6) is 5.75 Å². The number of nitrogens with zero attached hydrogens (tertiary/aromatic N) is 4. The van der Waals surface area contributed by atoms with Gasteiger partial charge in [0.2, 0.25) is 0 Å². The molecule has 6 nitrogen and oxygen atoms in total. The maximum Gasteiger partial charge on any atom is 0.260 e. The molecule has 9 heteroatoms. The summed E-state index contributed by atoms with van der Waals surface area (Å²) in [7, 11) is 0. The molecule has 1 amide bonds. The first kappa shape index (κ1) is 21.3. The highest BCUT2D eigenvalue weighted by atomic mass is 35.5. The van der Waals surface area contributed by atoms with Crippen LogP contribution in [0, 0.1) is 5.82 Å². The van der Waals surface area contributed by atoms with Gasteiger partial charge in [-0.3, -0.25) is 4.79 Å². The number of hydrogen-bond acceptors (Lipinski definition) is 5. The number of amides is 1. The fourth-order valence-electron chi connectivity index (χ4n) is 3.27. The average Bonchev–Trinajstić information content (AvgIpc) is 2.80. The summed E-state index contributed by atoms with van der Waals surface area (Å²) >= 11 is 12.0. The second-order valence-corrected chi connectivity index (χ2v) is 7.86. The number of benzene rings is 2. The minimum Gasteiger partial charge on any atom is -0.482 e. The molecule has 0 N–H and O–H groups in total. The van der Waals surface area contributed by atoms with E-state index in [0.717, 1.165) is 11.4 Å². The Morgan fingerprint density at radius 2 is 1.71 bits per heavy atom. The Balaban J connectivity index is 1.30. The second kappa shape index (κ2) is 9.49. The number of piperazine rings is 1. The Hall–Kier alpha value is -2.90. The van der Waals surface area contributed by atoms with Gasteiger partial charge in [-0.05, 0) is 48.5 Å². The highest BCUT2D eigenvalue weighted by Gasteiger charge is 2.22. The SMILES string of the molecule is O=C(COc1cc(Cl)ccc1Cl)N1CCN(c2ccc(-c3ccc(F)cc3)nn2)CC1. The Labute approximate surface area is 189 Å². The van der Waals surface area contributed by atoms with E-state index in [1.54, 1.807) is 35.2 Å². The molecule has 2 aromatic carbocycles. The Morgan fingerprint density at radius 3 is 2.39 bits per heavy atom. The lowest BCUT2D eigenvalue weighted by Crippen LogP contribution is -2.50. The van der Waals surface area contributed by atoms with E-state index in [1.807, 2.05) is 12.1 Å². The van der Waals surface area contributed by atoms with E-state index in [9.17, 15) is 9.18 Å². The van der Waals surface area contributed by atoms with Gasteiger partial charge >= 0.3 is 0 Å². The Morgan fingerprint density at radius 1 is 0.968 bits per heavy atom. The molecular weight excluding hydrogens is 442 g/mol. The van der Waals surface area contributed by atoms with E-state index in [1.165, 1.54) is 12.1 Å². The van der Waals surface area contributed by atoms with Crippen molar-refractivity contribution < 1.29 is 13.9 Å². The number of rotatable bonds is 5. The first-order chi connectivity index (χ1) is 15.0. The Bertz CT molecular complexity index is 1060. The van der Waals surface area contributed by atoms with Gasteiger partial charge in [0.25, 0.3) is 5.91 Å². The van der Waals surface area contributed by atoms with Crippen molar-refractivity contribution in [1.29, 1.82) is 0 Å². The second-order valence-electron chi connectivity index (χ2n) is 7.01. The zero-order valence-corrected chi connectivity index (χ0v) is 18.0. The predicted octanol–water partition coefficient (Wildman–Crippen LogP) is 4.32. The van der Waals surface area contributed by atoms with Crippen molar-refractivity contribution in [3.05, 3.63) is 70.5 Å². The molecule has 2 heterocycles. The van der Waals surface area contributed by atoms with Crippen LogP contribution in [0.4, 0.5) is 10.2 Å². The van der Waals surface area contributed by atoms with E-state index in [4.69, 9.17) is 27.9 Å². The van der Waals surface area contributed by atoms with Crippen LogP contribution in [-0.4, -0.2) is 53.8 Å². The van der Waals surface area contributed by atoms with Crippen LogP contribution in [0.2, 0.25) is 10.0 Å². The summed E-state index contributed by atoms with van der Waals surface area (Å²) in [6.45, 7) is 2.26. The number of ether oxygens (including phenoxy) is 1. The van der Waals surface area contributed by atoms with E-state index in [-0.39, 0.29) is 18.3 Å². The van der Waals surface area contributed by atoms with Gasteiger partial charge < -0.3 is 14.5 Å². The normalized spacial score (nSPS) is 13.9. The third-order valence-electron chi connectivity index (χ3n) is 4.99. The van der Waals surface area contributed by atoms with E-state index in [2.05, 4.69) is 15.1 Å². The number of halogens is 3. The third kappa shape index (κ3) is 5.24. The van der Waals surface area contributed by atoms with Crippen LogP contribution < -0.4 is 9.64 Å². The van der Waals surface area contributed by atoms with Gasteiger partial charge in [0.1, 0.15) is 11.6 Å². The van der Waals surface area contributed by atoms with Crippen molar-refractivity contribution in [2.45, 2.75) is 0 Å². The van der Waals surface area contributed by atoms with Crippen molar-refractivity contribution in [3.63, 3.8) is 0 Å². The topological polar surface area (TPSA) is 58.6 Å². The van der Waals surface area contributed by atoms with Crippen LogP contribution in [0.3, 0.4) is 0 Å². The molecule has 0 bridgehead atoms. The minimum absolute atomic E-state index is 0.105. The van der Waals surface area contributed by atoms with Gasteiger partial charge in [-0.1, -0.05) is 23.2 Å². The van der Waals surface area contributed by atoms with E-state index >= 15 is 0 Å². The molecule has 0 saturated carbocycles. The smallest absolute Gasteiger partial charge is 0.260 e. The zero-order chi connectivity index (χ0) is 21.8. The number of anilines is 1. The van der Waals surface area contributed by atoms with Crippen LogP contribution in [0.25, 0.3) is 11.3 Å². The van der Waals surface area contributed by atoms with Gasteiger partial charge in [0, 0.05) is 42.8 Å². The highest BCUT2D eigenvalue weighted by molar-refractivity contribution is 6.34. The summed E-state index contributed by atoms with van der Waals surface area (Å²) in [5, 5.41) is 9.44. The lowest BCUT2D eigenvalue weighted by Gasteiger charge is -2.35. The lowest BCUT2D eigenvalue weighted by molar-refractivity contribution is -0.133. The van der Waals surface area contributed by atoms with Crippen LogP contribution in [0.15, 0.2) is 54.6 Å². The van der Waals surface area contributed by atoms with Crippen molar-refractivity contribution in [2.24, 2.45) is 0 Å². The van der Waals surface area contributed by atoms with Gasteiger partial charge in [-0.25, -0.2) is 4.39 Å². The monoisotopic (exact) mass is 460 g/mol. The number of hydrogen-bond donors (Lipinski definition) is 0. The standard InChI is InChI=1S/C22H19Cl2FN4O2/c23-16-3-6-18(24)20(13-16)31-14-22(30)29-11-9-28(10-12-29)21-8-7-19(26-27-21)15-1-4-17(25)5-2-15/h1-8,13H,9-12,14H2. The van der Waals surface area contributed by atoms with Crippen LogP contribution in [0.1, 0.15) is 0 Å². The van der Waals surface area contributed by atoms with Gasteiger partial charge in [0.15, 0.2) is 12.4 Å². The summed E-state index contributed by atoms with van der Waals surface area (Å²) < 4.78 is 18.6. The predicted molar refractivity (Wildman–Crippen MR) is 118 cm³/mol. The van der Waals surface area contributed by atoms with Crippen molar-refractivity contribution in [3.8, 4) is 17.0 Å². The summed E-state index contributed by atoms with van der Waals surface area (Å²) in [6.07, 6.45) is 0. The molecule has 0 unspecified atom stereocenters. The van der Waals surface area contributed by atoms with Crippen molar-refractivity contribution in [2.75, 3.05) is 37.7 Å². The molecule has 1 saturated heterocycles. The van der Waals surface area contributed by atoms with E-state index in [0.29, 0.717) is 47.7 Å². The number of carbonyl (C=O) groups is 1. The molecule has 0 radical (unpaired) electrons. The molecular formula is C22H19Cl2FN4O2. The maximum absolute atomic E-state index is 13.1. The number of carbonyl (C=O) groups excluding carboxylic acids is 1. The first-order valence-electron chi connectivity index (χ1n) is 9.70. The third-order valence-corrected chi connectivity index (χ3v) is 5.54. The summed E-state index contributed by atoms with van der Waals surface area (Å²) in [6, 6.07) is 14.7. The van der Waals surface area contributed by atoms with Gasteiger partial charge in [-0.2, -0.15) is 0 Å². The largest absolute Gasteiger partial charge is 0.482 e. The van der Waals surface area contributed by atoms with Crippen LogP contribution in [-0.2, 0) is 4.79 Å². The fraction of sp³-hybridized carbons (Fsp3) is 0.227. The summed E-state index contributed by atoms with van der Waals surface area (Å²) in [5.41, 5.74) is 1.48. The Kier molecular flexibility index (Phi) is 6.53. The minimum atomic E-state index is -0.290. The van der Waals surface area contributed by atoms with E-state index < -0.39 is 0 Å². The summed E-state index contributed by atoms with van der Waals surface area (Å²) in [5.74, 6) is 0.716. The first-order valence-corrected chi connectivity index (χ1v) is 10.5. The zero-order valence-electron chi connectivity index (χ0n) is 16.5. The summed E-state index contributed by atoms with van der Waals surface area (Å²) in [4.78, 5) is 16.3. The maximum atomic E-state index is 13.1. The molecule has 4 rings (SSSR count). The molecule has 1 fully saturated rings. The number of aromatic nitrogens is 2. The van der Waals surface area contributed by atoms with Gasteiger partial charge in [-0.15, -0.1) is 10.2 Å². The molecule has 160 valence electrons. The van der Waals surface area contributed by atoms with Gasteiger partial charge in [0.05, 0.1) is 10.7 Å². The fourth-order valence-corrected chi connectivity index (χ4v) is 3.61. The molecule has 1 aliphatic heterocycles. The van der Waals surface area contributed by atoms with Crippen molar-refractivity contribution in [1.82, 2.24) is 15.1 Å². The molecule has 31 heavy (non-hydrogen) atoms. The molecule has 0 spiro atoms. The average molecular weight is 461 g/mol. The molecule has 3 aromatic rings. The molecule has 0 atom stereocenters. The molecule has 1 aliphatic rings.